The van der Waals surface area contributed by atoms with Gasteiger partial charge in [-0.05, 0) is 24.3 Å². The van der Waals surface area contributed by atoms with Crippen LogP contribution in [0.25, 0.3) is 0 Å². The Balaban J connectivity index is 1.97. The number of ether oxygens (including phenoxy) is 1. The Morgan fingerprint density at radius 3 is 2.90 bits per heavy atom. The molecule has 2 heterocycles. The number of carboxylic acids is 1. The van der Waals surface area contributed by atoms with Crippen LogP contribution in [0.4, 0.5) is 0 Å². The van der Waals surface area contributed by atoms with Gasteiger partial charge in [0.15, 0.2) is 0 Å². The molecule has 3 unspecified atom stereocenters. The third-order valence-corrected chi connectivity index (χ3v) is 4.23. The molecule has 1 aliphatic heterocycles. The molecule has 1 aromatic heterocycles. The highest BCUT2D eigenvalue weighted by atomic mass is 32.1. The van der Waals surface area contributed by atoms with Crippen LogP contribution in [0.3, 0.4) is 0 Å². The zero-order valence-electron chi connectivity index (χ0n) is 11.0. The van der Waals surface area contributed by atoms with Crippen LogP contribution in [0.5, 0.6) is 0 Å². The Bertz CT molecular complexity index is 463. The van der Waals surface area contributed by atoms with Crippen molar-refractivity contribution >= 4 is 23.2 Å². The topological polar surface area (TPSA) is 102 Å². The van der Waals surface area contributed by atoms with E-state index in [9.17, 15) is 9.59 Å². The Kier molecular flexibility index (Phi) is 5.11. The van der Waals surface area contributed by atoms with Gasteiger partial charge in [0.05, 0.1) is 18.6 Å². The third-order valence-electron chi connectivity index (χ3n) is 3.24. The molecular weight excluding hydrogens is 280 g/mol. The predicted molar refractivity (Wildman–Crippen MR) is 74.4 cm³/mol. The summed E-state index contributed by atoms with van der Waals surface area (Å²) in [5, 5.41) is 13.6. The fourth-order valence-corrected chi connectivity index (χ4v) is 3.00. The summed E-state index contributed by atoms with van der Waals surface area (Å²) < 4.78 is 5.51. The summed E-state index contributed by atoms with van der Waals surface area (Å²) in [6.45, 7) is 0.396. The van der Waals surface area contributed by atoms with Gasteiger partial charge in [0.1, 0.15) is 6.10 Å². The summed E-state index contributed by atoms with van der Waals surface area (Å²) in [5.41, 5.74) is 5.51. The van der Waals surface area contributed by atoms with Crippen LogP contribution < -0.4 is 11.1 Å². The molecule has 0 aliphatic carbocycles. The van der Waals surface area contributed by atoms with Crippen molar-refractivity contribution in [2.75, 3.05) is 6.54 Å². The first kappa shape index (κ1) is 15.0. The molecule has 0 radical (unpaired) electrons. The van der Waals surface area contributed by atoms with Gasteiger partial charge >= 0.3 is 5.97 Å². The van der Waals surface area contributed by atoms with Crippen LogP contribution in [0.15, 0.2) is 17.5 Å². The number of hydrogen-bond acceptors (Lipinski definition) is 5. The second-order valence-corrected chi connectivity index (χ2v) is 5.71. The van der Waals surface area contributed by atoms with Gasteiger partial charge in [-0.3, -0.25) is 9.59 Å². The molecule has 2 rings (SSSR count). The van der Waals surface area contributed by atoms with E-state index in [1.165, 1.54) is 11.3 Å². The Hall–Kier alpha value is -1.44. The quantitative estimate of drug-likeness (QED) is 0.724. The number of aliphatic carboxylic acids is 1. The summed E-state index contributed by atoms with van der Waals surface area (Å²) in [5.74, 6) is -1.21. The van der Waals surface area contributed by atoms with Gasteiger partial charge in [0.2, 0.25) is 5.91 Å². The van der Waals surface area contributed by atoms with Gasteiger partial charge in [-0.25, -0.2) is 0 Å². The van der Waals surface area contributed by atoms with Crippen molar-refractivity contribution in [3.05, 3.63) is 22.4 Å². The maximum Gasteiger partial charge on any atom is 0.305 e. The predicted octanol–water partition coefficient (Wildman–Crippen LogP) is 0.886. The maximum absolute atomic E-state index is 12.1. The molecule has 1 saturated heterocycles. The molecule has 3 atom stereocenters. The third kappa shape index (κ3) is 3.78. The molecule has 1 aliphatic rings. The van der Waals surface area contributed by atoms with Crippen molar-refractivity contribution < 1.29 is 19.4 Å². The number of nitrogens with two attached hydrogens (primary N) is 1. The van der Waals surface area contributed by atoms with Gasteiger partial charge in [-0.1, -0.05) is 6.07 Å². The fraction of sp³-hybridized carbons (Fsp3) is 0.538. The van der Waals surface area contributed by atoms with E-state index in [-0.39, 0.29) is 18.4 Å². The molecule has 6 nitrogen and oxygen atoms in total. The number of nitrogens with one attached hydrogen (secondary N) is 1. The van der Waals surface area contributed by atoms with Crippen LogP contribution in [0.2, 0.25) is 0 Å². The second kappa shape index (κ2) is 6.83. The summed E-state index contributed by atoms with van der Waals surface area (Å²) in [6, 6.07) is 3.13. The van der Waals surface area contributed by atoms with Gasteiger partial charge in [-0.15, -0.1) is 11.3 Å². The molecule has 7 heteroatoms. The Morgan fingerprint density at radius 2 is 2.35 bits per heavy atom. The molecular formula is C13H18N2O4S. The van der Waals surface area contributed by atoms with Crippen molar-refractivity contribution in [2.45, 2.75) is 37.5 Å². The van der Waals surface area contributed by atoms with Crippen LogP contribution in [-0.2, 0) is 14.3 Å². The first-order valence-corrected chi connectivity index (χ1v) is 7.39. The van der Waals surface area contributed by atoms with Crippen molar-refractivity contribution in [3.63, 3.8) is 0 Å². The molecule has 0 bridgehead atoms. The number of rotatable bonds is 6. The Labute approximate surface area is 120 Å². The highest BCUT2D eigenvalue weighted by Gasteiger charge is 2.31. The molecule has 1 fully saturated rings. The molecule has 4 N–H and O–H groups in total. The number of carbonyl (C=O) groups excluding carboxylic acids is 1. The molecule has 0 saturated carbocycles. The number of carboxylic acid groups (broad SMARTS) is 1. The summed E-state index contributed by atoms with van der Waals surface area (Å²) in [4.78, 5) is 23.9. The van der Waals surface area contributed by atoms with E-state index in [4.69, 9.17) is 15.6 Å². The normalized spacial score (nSPS) is 23.4. The molecule has 1 amide bonds. The average Bonchev–Trinajstić information content (AvgIpc) is 3.08. The lowest BCUT2D eigenvalue weighted by Crippen LogP contribution is -2.38. The molecule has 0 spiro atoms. The maximum atomic E-state index is 12.1. The summed E-state index contributed by atoms with van der Waals surface area (Å²) in [7, 11) is 0. The van der Waals surface area contributed by atoms with Gasteiger partial charge in [-0.2, -0.15) is 0 Å². The van der Waals surface area contributed by atoms with Crippen molar-refractivity contribution in [2.24, 2.45) is 5.73 Å². The van der Waals surface area contributed by atoms with E-state index >= 15 is 0 Å². The number of hydrogen-bond donors (Lipinski definition) is 3. The minimum atomic E-state index is -0.948. The lowest BCUT2D eigenvalue weighted by molar-refractivity contribution is -0.138. The Morgan fingerprint density at radius 1 is 1.55 bits per heavy atom. The van der Waals surface area contributed by atoms with Crippen LogP contribution in [-0.4, -0.2) is 35.7 Å². The first-order chi connectivity index (χ1) is 9.60. The minimum Gasteiger partial charge on any atom is -0.481 e. The van der Waals surface area contributed by atoms with Crippen molar-refractivity contribution in [1.82, 2.24) is 5.32 Å². The smallest absolute Gasteiger partial charge is 0.305 e. The standard InChI is InChI=1S/C13H18N2O4S/c14-7-8-3-4-10(19-8)13(18)15-9(6-12(16)17)11-2-1-5-20-11/h1-2,5,8-10H,3-4,6-7,14H2,(H,15,18)(H,16,17). The zero-order chi connectivity index (χ0) is 14.5. The fourth-order valence-electron chi connectivity index (χ4n) is 2.22. The molecule has 1 aromatic rings. The van der Waals surface area contributed by atoms with Crippen LogP contribution in [0, 0.1) is 0 Å². The molecule has 110 valence electrons. The highest BCUT2D eigenvalue weighted by molar-refractivity contribution is 7.10. The second-order valence-electron chi connectivity index (χ2n) is 4.73. The molecule has 20 heavy (non-hydrogen) atoms. The number of carbonyl (C=O) groups is 2. The largest absolute Gasteiger partial charge is 0.481 e. The van der Waals surface area contributed by atoms with E-state index in [1.54, 1.807) is 0 Å². The van der Waals surface area contributed by atoms with Gasteiger partial charge in [0, 0.05) is 11.4 Å². The van der Waals surface area contributed by atoms with Crippen LogP contribution >= 0.6 is 11.3 Å². The number of amides is 1. The lowest BCUT2D eigenvalue weighted by Gasteiger charge is -2.18. The summed E-state index contributed by atoms with van der Waals surface area (Å²) in [6.07, 6.45) is 0.638. The highest BCUT2D eigenvalue weighted by Crippen LogP contribution is 2.24. The van der Waals surface area contributed by atoms with E-state index in [0.717, 1.165) is 11.3 Å². The number of thiophene rings is 1. The van der Waals surface area contributed by atoms with Crippen molar-refractivity contribution in [3.8, 4) is 0 Å². The van der Waals surface area contributed by atoms with Crippen molar-refractivity contribution in [1.29, 1.82) is 0 Å². The van der Waals surface area contributed by atoms with E-state index in [1.807, 2.05) is 17.5 Å². The summed E-state index contributed by atoms with van der Waals surface area (Å²) >= 11 is 1.42. The SMILES string of the molecule is NCC1CCC(C(=O)NC(CC(=O)O)c2cccs2)O1. The first-order valence-electron chi connectivity index (χ1n) is 6.51. The molecule has 0 aromatic carbocycles. The van der Waals surface area contributed by atoms with Crippen LogP contribution in [0.1, 0.15) is 30.2 Å². The monoisotopic (exact) mass is 298 g/mol. The van der Waals surface area contributed by atoms with E-state index in [2.05, 4.69) is 5.32 Å². The zero-order valence-corrected chi connectivity index (χ0v) is 11.8. The lowest BCUT2D eigenvalue weighted by atomic mass is 10.1. The minimum absolute atomic E-state index is 0.0783. The van der Waals surface area contributed by atoms with Gasteiger partial charge < -0.3 is 20.9 Å². The average molecular weight is 298 g/mol. The van der Waals surface area contributed by atoms with Gasteiger partial charge in [0.25, 0.3) is 0 Å². The van der Waals surface area contributed by atoms with E-state index < -0.39 is 18.1 Å². The van der Waals surface area contributed by atoms with E-state index in [0.29, 0.717) is 13.0 Å².